The molecule has 1 unspecified atom stereocenters. The van der Waals surface area contributed by atoms with E-state index in [1.807, 2.05) is 0 Å². The zero-order chi connectivity index (χ0) is 7.98. The second kappa shape index (κ2) is 5.50. The second-order valence-electron chi connectivity index (χ2n) is 1.67. The maximum absolute atomic E-state index is 10.7. The minimum Gasteiger partial charge on any atom is -0.465 e. The largest absolute Gasteiger partial charge is 0.465 e. The summed E-state index contributed by atoms with van der Waals surface area (Å²) in [6.07, 6.45) is 0. The van der Waals surface area contributed by atoms with Crippen molar-refractivity contribution in [2.24, 2.45) is 0 Å². The molecule has 4 heteroatoms. The highest BCUT2D eigenvalue weighted by atomic mass is 35.5. The SMILES string of the molecule is CCOC(=O)C(Cl)COC. The molecule has 1 atom stereocenters. The van der Waals surface area contributed by atoms with Crippen LogP contribution >= 0.6 is 11.6 Å². The Morgan fingerprint density at radius 3 is 2.70 bits per heavy atom. The number of esters is 1. The van der Waals surface area contributed by atoms with Gasteiger partial charge in [-0.15, -0.1) is 11.6 Å². The third kappa shape index (κ3) is 3.69. The molecule has 0 fully saturated rings. The Hall–Kier alpha value is -0.280. The predicted octanol–water partition coefficient (Wildman–Crippen LogP) is 0.803. The van der Waals surface area contributed by atoms with E-state index in [1.165, 1.54) is 7.11 Å². The number of hydrogen-bond acceptors (Lipinski definition) is 3. The molecule has 0 aliphatic rings. The van der Waals surface area contributed by atoms with E-state index in [0.717, 1.165) is 0 Å². The Kier molecular flexibility index (Phi) is 5.35. The lowest BCUT2D eigenvalue weighted by molar-refractivity contribution is -0.143. The van der Waals surface area contributed by atoms with Crippen molar-refractivity contribution in [2.45, 2.75) is 12.3 Å². The molecule has 0 aromatic carbocycles. The molecular weight excluding hydrogens is 156 g/mol. The number of alkyl halides is 1. The molecule has 0 N–H and O–H groups in total. The van der Waals surface area contributed by atoms with Gasteiger partial charge in [0.05, 0.1) is 13.2 Å². The summed E-state index contributed by atoms with van der Waals surface area (Å²) < 4.78 is 9.24. The Labute approximate surface area is 65.3 Å². The number of carbonyl (C=O) groups excluding carboxylic acids is 1. The van der Waals surface area contributed by atoms with Crippen LogP contribution in [0.2, 0.25) is 0 Å². The van der Waals surface area contributed by atoms with Crippen LogP contribution in [-0.4, -0.2) is 31.7 Å². The van der Waals surface area contributed by atoms with Gasteiger partial charge in [0.25, 0.3) is 0 Å². The molecule has 0 rings (SSSR count). The van der Waals surface area contributed by atoms with Gasteiger partial charge in [-0.05, 0) is 6.92 Å². The number of hydrogen-bond donors (Lipinski definition) is 0. The molecule has 0 spiro atoms. The smallest absolute Gasteiger partial charge is 0.326 e. The summed E-state index contributed by atoms with van der Waals surface area (Å²) in [5.41, 5.74) is 0. The number of rotatable bonds is 4. The van der Waals surface area contributed by atoms with Crippen LogP contribution in [0, 0.1) is 0 Å². The van der Waals surface area contributed by atoms with Crippen LogP contribution in [0.1, 0.15) is 6.92 Å². The van der Waals surface area contributed by atoms with Crippen LogP contribution < -0.4 is 0 Å². The molecule has 0 aliphatic carbocycles. The van der Waals surface area contributed by atoms with Crippen LogP contribution in [0.4, 0.5) is 0 Å². The highest BCUT2D eigenvalue weighted by Gasteiger charge is 2.15. The molecule has 60 valence electrons. The van der Waals surface area contributed by atoms with Crippen LogP contribution in [0.3, 0.4) is 0 Å². The molecule has 0 aromatic rings. The third-order valence-corrected chi connectivity index (χ3v) is 1.16. The molecule has 10 heavy (non-hydrogen) atoms. The summed E-state index contributed by atoms with van der Waals surface area (Å²) in [6.45, 7) is 2.28. The van der Waals surface area contributed by atoms with Gasteiger partial charge in [0, 0.05) is 7.11 Å². The van der Waals surface area contributed by atoms with Gasteiger partial charge in [0.1, 0.15) is 0 Å². The van der Waals surface area contributed by atoms with Crippen LogP contribution in [-0.2, 0) is 14.3 Å². The lowest BCUT2D eigenvalue weighted by atomic mass is 10.4. The van der Waals surface area contributed by atoms with E-state index >= 15 is 0 Å². The molecular formula is C6H11ClO3. The molecule has 0 bridgehead atoms. The summed E-state index contributed by atoms with van der Waals surface area (Å²) in [7, 11) is 1.48. The van der Waals surface area contributed by atoms with E-state index in [4.69, 9.17) is 11.6 Å². The number of ether oxygens (including phenoxy) is 2. The minimum absolute atomic E-state index is 0.195. The maximum atomic E-state index is 10.7. The van der Waals surface area contributed by atoms with Gasteiger partial charge in [0.15, 0.2) is 5.38 Å². The van der Waals surface area contributed by atoms with Crippen molar-refractivity contribution in [1.82, 2.24) is 0 Å². The first-order chi connectivity index (χ1) is 4.72. The molecule has 0 saturated heterocycles. The van der Waals surface area contributed by atoms with Gasteiger partial charge in [-0.25, -0.2) is 0 Å². The van der Waals surface area contributed by atoms with Gasteiger partial charge in [-0.2, -0.15) is 0 Å². The normalized spacial score (nSPS) is 12.7. The molecule has 0 aromatic heterocycles. The molecule has 0 amide bonds. The minimum atomic E-state index is -0.676. The van der Waals surface area contributed by atoms with Gasteiger partial charge in [-0.1, -0.05) is 0 Å². The van der Waals surface area contributed by atoms with Crippen LogP contribution in [0.5, 0.6) is 0 Å². The Morgan fingerprint density at radius 1 is 1.70 bits per heavy atom. The summed E-state index contributed by atoms with van der Waals surface area (Å²) >= 11 is 5.51. The molecule has 0 saturated carbocycles. The van der Waals surface area contributed by atoms with E-state index in [0.29, 0.717) is 6.61 Å². The number of halogens is 1. The van der Waals surface area contributed by atoms with Gasteiger partial charge >= 0.3 is 5.97 Å². The lowest BCUT2D eigenvalue weighted by Gasteiger charge is -2.05. The highest BCUT2D eigenvalue weighted by molar-refractivity contribution is 6.30. The molecule has 0 radical (unpaired) electrons. The average molecular weight is 167 g/mol. The Balaban J connectivity index is 3.49. The van der Waals surface area contributed by atoms with Crippen molar-refractivity contribution >= 4 is 17.6 Å². The zero-order valence-corrected chi connectivity index (χ0v) is 6.85. The van der Waals surface area contributed by atoms with Crippen LogP contribution in [0.25, 0.3) is 0 Å². The molecule has 0 aliphatic heterocycles. The predicted molar refractivity (Wildman–Crippen MR) is 38.2 cm³/mol. The fourth-order valence-corrected chi connectivity index (χ4v) is 0.636. The average Bonchev–Trinajstić information content (AvgIpc) is 1.89. The maximum Gasteiger partial charge on any atom is 0.326 e. The van der Waals surface area contributed by atoms with E-state index < -0.39 is 11.3 Å². The van der Waals surface area contributed by atoms with E-state index in [9.17, 15) is 4.79 Å². The van der Waals surface area contributed by atoms with Gasteiger partial charge in [-0.3, -0.25) is 4.79 Å². The Bertz CT molecular complexity index is 105. The van der Waals surface area contributed by atoms with Gasteiger partial charge < -0.3 is 9.47 Å². The standard InChI is InChI=1S/C6H11ClO3/c1-3-10-6(8)5(7)4-9-2/h5H,3-4H2,1-2H3. The fraction of sp³-hybridized carbons (Fsp3) is 0.833. The second-order valence-corrected chi connectivity index (χ2v) is 2.20. The molecule has 0 heterocycles. The highest BCUT2D eigenvalue weighted by Crippen LogP contribution is 1.98. The van der Waals surface area contributed by atoms with Crippen molar-refractivity contribution in [3.05, 3.63) is 0 Å². The first-order valence-electron chi connectivity index (χ1n) is 3.02. The van der Waals surface area contributed by atoms with E-state index in [1.54, 1.807) is 6.92 Å². The molecule has 3 nitrogen and oxygen atoms in total. The van der Waals surface area contributed by atoms with Gasteiger partial charge in [0.2, 0.25) is 0 Å². The van der Waals surface area contributed by atoms with E-state index in [-0.39, 0.29) is 6.61 Å². The Morgan fingerprint density at radius 2 is 2.30 bits per heavy atom. The van der Waals surface area contributed by atoms with E-state index in [2.05, 4.69) is 9.47 Å². The topological polar surface area (TPSA) is 35.5 Å². The summed E-state index contributed by atoms with van der Waals surface area (Å²) in [5.74, 6) is -0.425. The monoisotopic (exact) mass is 166 g/mol. The quantitative estimate of drug-likeness (QED) is 0.458. The number of carbonyl (C=O) groups is 1. The fourth-order valence-electron chi connectivity index (χ4n) is 0.447. The number of methoxy groups -OCH3 is 1. The van der Waals surface area contributed by atoms with Crippen molar-refractivity contribution in [3.63, 3.8) is 0 Å². The first kappa shape index (κ1) is 9.72. The lowest BCUT2D eigenvalue weighted by Crippen LogP contribution is -2.22. The summed E-state index contributed by atoms with van der Waals surface area (Å²) in [6, 6.07) is 0. The zero-order valence-electron chi connectivity index (χ0n) is 6.09. The first-order valence-corrected chi connectivity index (χ1v) is 3.45. The van der Waals surface area contributed by atoms with Crippen molar-refractivity contribution < 1.29 is 14.3 Å². The third-order valence-electron chi connectivity index (χ3n) is 0.855. The van der Waals surface area contributed by atoms with Crippen LogP contribution in [0.15, 0.2) is 0 Å². The van der Waals surface area contributed by atoms with Crippen molar-refractivity contribution in [1.29, 1.82) is 0 Å². The van der Waals surface area contributed by atoms with Crippen molar-refractivity contribution in [2.75, 3.05) is 20.3 Å². The summed E-state index contributed by atoms with van der Waals surface area (Å²) in [5, 5.41) is -0.676. The van der Waals surface area contributed by atoms with Crippen molar-refractivity contribution in [3.8, 4) is 0 Å². The summed E-state index contributed by atoms with van der Waals surface area (Å²) in [4.78, 5) is 10.7.